The molecule has 2 aromatic heterocycles. The summed E-state index contributed by atoms with van der Waals surface area (Å²) in [7, 11) is 2.98. The predicted molar refractivity (Wildman–Crippen MR) is 79.4 cm³/mol. The number of aryl methyl sites for hydroxylation is 2. The Morgan fingerprint density at radius 3 is 2.73 bits per heavy atom. The van der Waals surface area contributed by atoms with Crippen molar-refractivity contribution in [2.24, 2.45) is 5.92 Å². The quantitative estimate of drug-likeness (QED) is 0.800. The minimum Gasteiger partial charge on any atom is -0.469 e. The Kier molecular flexibility index (Phi) is 4.44. The minimum absolute atomic E-state index is 0.211. The summed E-state index contributed by atoms with van der Waals surface area (Å²) >= 11 is 0. The van der Waals surface area contributed by atoms with Crippen molar-refractivity contribution in [1.29, 1.82) is 0 Å². The van der Waals surface area contributed by atoms with Crippen molar-refractivity contribution in [1.82, 2.24) is 15.0 Å². The summed E-state index contributed by atoms with van der Waals surface area (Å²) in [5, 5.41) is 4.46. The molecule has 1 amide bonds. The highest BCUT2D eigenvalue weighted by Crippen LogP contribution is 2.23. The third-order valence-electron chi connectivity index (χ3n) is 3.47. The van der Waals surface area contributed by atoms with Crippen LogP contribution in [0, 0.1) is 19.8 Å². The SMILES string of the molecule is COC(=O)C(C)CN(C)C(=O)c1cc(C)nc2onc(C)c12. The number of methoxy groups -OCH3 is 1. The molecule has 118 valence electrons. The molecular formula is C15H19N3O4. The van der Waals surface area contributed by atoms with Gasteiger partial charge in [0.05, 0.1) is 29.7 Å². The molecular weight excluding hydrogens is 286 g/mol. The maximum Gasteiger partial charge on any atom is 0.310 e. The standard InChI is InChI=1S/C15H19N3O4/c1-8(15(20)21-5)7-18(4)14(19)11-6-9(2)16-13-12(11)10(3)17-22-13/h6,8H,7H2,1-5H3. The van der Waals surface area contributed by atoms with Gasteiger partial charge in [0, 0.05) is 19.3 Å². The van der Waals surface area contributed by atoms with Gasteiger partial charge in [-0.15, -0.1) is 0 Å². The number of carbonyl (C=O) groups is 2. The van der Waals surface area contributed by atoms with E-state index in [-0.39, 0.29) is 18.4 Å². The molecule has 0 saturated carbocycles. The average Bonchev–Trinajstić information content (AvgIpc) is 2.85. The zero-order chi connectivity index (χ0) is 16.4. The van der Waals surface area contributed by atoms with E-state index in [1.807, 2.05) is 0 Å². The number of carbonyl (C=O) groups excluding carboxylic acids is 2. The normalized spacial score (nSPS) is 12.2. The first-order valence-corrected chi connectivity index (χ1v) is 6.92. The maximum atomic E-state index is 12.7. The van der Waals surface area contributed by atoms with E-state index in [0.717, 1.165) is 0 Å². The Labute approximate surface area is 128 Å². The van der Waals surface area contributed by atoms with Crippen LogP contribution in [0.1, 0.15) is 28.7 Å². The van der Waals surface area contributed by atoms with Crippen LogP contribution in [-0.2, 0) is 9.53 Å². The molecule has 0 radical (unpaired) electrons. The van der Waals surface area contributed by atoms with E-state index >= 15 is 0 Å². The minimum atomic E-state index is -0.402. The lowest BCUT2D eigenvalue weighted by molar-refractivity contribution is -0.145. The second kappa shape index (κ2) is 6.13. The van der Waals surface area contributed by atoms with E-state index in [9.17, 15) is 9.59 Å². The molecule has 7 nitrogen and oxygen atoms in total. The van der Waals surface area contributed by atoms with Crippen LogP contribution in [0.5, 0.6) is 0 Å². The van der Waals surface area contributed by atoms with Crippen molar-refractivity contribution in [3.05, 3.63) is 23.0 Å². The molecule has 1 atom stereocenters. The van der Waals surface area contributed by atoms with Gasteiger partial charge in [0.15, 0.2) is 0 Å². The van der Waals surface area contributed by atoms with Crippen molar-refractivity contribution in [3.63, 3.8) is 0 Å². The largest absolute Gasteiger partial charge is 0.469 e. The number of pyridine rings is 1. The smallest absolute Gasteiger partial charge is 0.310 e. The summed E-state index contributed by atoms with van der Waals surface area (Å²) in [4.78, 5) is 29.9. The predicted octanol–water partition coefficient (Wildman–Crippen LogP) is 1.72. The number of esters is 1. The summed E-state index contributed by atoms with van der Waals surface area (Å²) in [5.74, 6) is -0.963. The fourth-order valence-electron chi connectivity index (χ4n) is 2.36. The van der Waals surface area contributed by atoms with Crippen molar-refractivity contribution >= 4 is 23.0 Å². The first-order valence-electron chi connectivity index (χ1n) is 6.92. The second-order valence-electron chi connectivity index (χ2n) is 5.37. The topological polar surface area (TPSA) is 85.5 Å². The zero-order valence-corrected chi connectivity index (χ0v) is 13.3. The Morgan fingerprint density at radius 2 is 2.09 bits per heavy atom. The summed E-state index contributed by atoms with van der Waals surface area (Å²) in [6, 6.07) is 1.70. The highest BCUT2D eigenvalue weighted by molar-refractivity contribution is 6.06. The molecule has 22 heavy (non-hydrogen) atoms. The van der Waals surface area contributed by atoms with E-state index in [4.69, 9.17) is 4.52 Å². The van der Waals surface area contributed by atoms with E-state index in [0.29, 0.717) is 28.1 Å². The Bertz CT molecular complexity index is 723. The van der Waals surface area contributed by atoms with Crippen LogP contribution < -0.4 is 0 Å². The molecule has 0 N–H and O–H groups in total. The summed E-state index contributed by atoms with van der Waals surface area (Å²) in [6.07, 6.45) is 0. The van der Waals surface area contributed by atoms with Gasteiger partial charge in [0.25, 0.3) is 11.6 Å². The molecule has 2 aromatic rings. The van der Waals surface area contributed by atoms with E-state index in [1.54, 1.807) is 33.9 Å². The van der Waals surface area contributed by atoms with Gasteiger partial charge in [0.2, 0.25) is 0 Å². The van der Waals surface area contributed by atoms with Crippen molar-refractivity contribution in [2.45, 2.75) is 20.8 Å². The van der Waals surface area contributed by atoms with Crippen molar-refractivity contribution < 1.29 is 18.8 Å². The third-order valence-corrected chi connectivity index (χ3v) is 3.47. The van der Waals surface area contributed by atoms with E-state index in [2.05, 4.69) is 14.9 Å². The Hall–Kier alpha value is -2.44. The molecule has 2 rings (SSSR count). The molecule has 1 unspecified atom stereocenters. The monoisotopic (exact) mass is 305 g/mol. The number of amides is 1. The number of aromatic nitrogens is 2. The van der Waals surface area contributed by atoms with Crippen LogP contribution in [0.15, 0.2) is 10.6 Å². The second-order valence-corrected chi connectivity index (χ2v) is 5.37. The molecule has 0 aliphatic carbocycles. The van der Waals surface area contributed by atoms with Gasteiger partial charge in [-0.1, -0.05) is 12.1 Å². The lowest BCUT2D eigenvalue weighted by Crippen LogP contribution is -2.34. The molecule has 0 spiro atoms. The molecule has 0 aliphatic heterocycles. The first-order chi connectivity index (χ1) is 10.3. The molecule has 7 heteroatoms. The molecule has 0 saturated heterocycles. The van der Waals surface area contributed by atoms with Gasteiger partial charge in [-0.25, -0.2) is 4.98 Å². The zero-order valence-electron chi connectivity index (χ0n) is 13.3. The van der Waals surface area contributed by atoms with Gasteiger partial charge in [-0.05, 0) is 19.9 Å². The van der Waals surface area contributed by atoms with Crippen LogP contribution in [0.3, 0.4) is 0 Å². The number of nitrogens with zero attached hydrogens (tertiary/aromatic N) is 3. The Morgan fingerprint density at radius 1 is 1.41 bits per heavy atom. The number of rotatable bonds is 4. The van der Waals surface area contributed by atoms with E-state index in [1.165, 1.54) is 12.0 Å². The van der Waals surface area contributed by atoms with Crippen LogP contribution in [-0.4, -0.2) is 47.6 Å². The molecule has 0 aromatic carbocycles. The molecule has 0 aliphatic rings. The maximum absolute atomic E-state index is 12.7. The van der Waals surface area contributed by atoms with Gasteiger partial charge < -0.3 is 14.2 Å². The fraction of sp³-hybridized carbons (Fsp3) is 0.467. The van der Waals surface area contributed by atoms with Crippen molar-refractivity contribution in [3.8, 4) is 0 Å². The van der Waals surface area contributed by atoms with E-state index < -0.39 is 5.92 Å². The highest BCUT2D eigenvalue weighted by atomic mass is 16.5. The highest BCUT2D eigenvalue weighted by Gasteiger charge is 2.23. The van der Waals surface area contributed by atoms with Gasteiger partial charge in [-0.2, -0.15) is 0 Å². The van der Waals surface area contributed by atoms with Crippen LogP contribution in [0.2, 0.25) is 0 Å². The van der Waals surface area contributed by atoms with Gasteiger partial charge in [0.1, 0.15) is 0 Å². The summed E-state index contributed by atoms with van der Waals surface area (Å²) in [5.41, 5.74) is 2.10. The number of fused-ring (bicyclic) bond motifs is 1. The van der Waals surface area contributed by atoms with Crippen LogP contribution in [0.25, 0.3) is 11.1 Å². The Balaban J connectivity index is 2.33. The summed E-state index contributed by atoms with van der Waals surface area (Å²) in [6.45, 7) is 5.52. The van der Waals surface area contributed by atoms with Gasteiger partial charge >= 0.3 is 5.97 Å². The number of ether oxygens (including phenoxy) is 1. The fourth-order valence-corrected chi connectivity index (χ4v) is 2.36. The number of hydrogen-bond donors (Lipinski definition) is 0. The van der Waals surface area contributed by atoms with Crippen molar-refractivity contribution in [2.75, 3.05) is 20.7 Å². The molecule has 2 heterocycles. The lowest BCUT2D eigenvalue weighted by atomic mass is 10.1. The number of hydrogen-bond acceptors (Lipinski definition) is 6. The average molecular weight is 305 g/mol. The third kappa shape index (κ3) is 2.93. The lowest BCUT2D eigenvalue weighted by Gasteiger charge is -2.20. The van der Waals surface area contributed by atoms with Gasteiger partial charge in [-0.3, -0.25) is 9.59 Å². The van der Waals surface area contributed by atoms with Crippen LogP contribution in [0.4, 0.5) is 0 Å². The molecule has 0 bridgehead atoms. The molecule has 0 fully saturated rings. The first kappa shape index (κ1) is 15.9. The van der Waals surface area contributed by atoms with Crippen LogP contribution >= 0.6 is 0 Å². The summed E-state index contributed by atoms with van der Waals surface area (Å²) < 4.78 is 9.81.